The van der Waals surface area contributed by atoms with E-state index in [-0.39, 0.29) is 0 Å². The number of hydrogen-bond acceptors (Lipinski definition) is 2. The molecule has 0 aliphatic rings. The Morgan fingerprint density at radius 2 is 2.15 bits per heavy atom. The molecule has 0 amide bonds. The molecule has 0 atom stereocenters. The fraction of sp³-hybridized carbons (Fsp3) is 0.111. The third-order valence-electron chi connectivity index (χ3n) is 1.72. The second-order valence-electron chi connectivity index (χ2n) is 2.77. The minimum Gasteiger partial charge on any atom is -0.342 e. The van der Waals surface area contributed by atoms with Gasteiger partial charge in [-0.15, -0.1) is 0 Å². The van der Waals surface area contributed by atoms with E-state index in [2.05, 4.69) is 15.0 Å². The predicted molar refractivity (Wildman–Crippen MR) is 51.6 cm³/mol. The van der Waals surface area contributed by atoms with Crippen molar-refractivity contribution in [1.29, 1.82) is 0 Å². The van der Waals surface area contributed by atoms with E-state index in [1.165, 1.54) is 0 Å². The van der Waals surface area contributed by atoms with Crippen molar-refractivity contribution in [2.24, 2.45) is 0 Å². The number of imidazole rings is 1. The molecule has 66 valence electrons. The third-order valence-corrected chi connectivity index (χ3v) is 1.93. The molecule has 0 bridgehead atoms. The average molecular weight is 194 g/mol. The van der Waals surface area contributed by atoms with Crippen molar-refractivity contribution in [3.05, 3.63) is 35.5 Å². The Kier molecular flexibility index (Phi) is 2.02. The molecule has 0 aliphatic carbocycles. The van der Waals surface area contributed by atoms with E-state index >= 15 is 0 Å². The summed E-state index contributed by atoms with van der Waals surface area (Å²) in [7, 11) is 0. The molecule has 2 heterocycles. The van der Waals surface area contributed by atoms with Gasteiger partial charge in [-0.2, -0.15) is 0 Å². The molecule has 0 unspecified atom stereocenters. The molecule has 2 aromatic rings. The van der Waals surface area contributed by atoms with Crippen LogP contribution in [-0.4, -0.2) is 15.0 Å². The van der Waals surface area contributed by atoms with Crippen molar-refractivity contribution in [3.63, 3.8) is 0 Å². The molecule has 0 radical (unpaired) electrons. The van der Waals surface area contributed by atoms with Gasteiger partial charge in [0, 0.05) is 18.0 Å². The molecule has 13 heavy (non-hydrogen) atoms. The van der Waals surface area contributed by atoms with E-state index in [4.69, 9.17) is 11.6 Å². The Balaban J connectivity index is 2.46. The summed E-state index contributed by atoms with van der Waals surface area (Å²) >= 11 is 5.80. The molecule has 4 heteroatoms. The minimum absolute atomic E-state index is 0.629. The maximum Gasteiger partial charge on any atom is 0.103 e. The zero-order valence-corrected chi connectivity index (χ0v) is 7.84. The molecule has 2 rings (SSSR count). The maximum absolute atomic E-state index is 5.80. The summed E-state index contributed by atoms with van der Waals surface area (Å²) in [4.78, 5) is 11.2. The van der Waals surface area contributed by atoms with E-state index in [1.54, 1.807) is 18.6 Å². The quantitative estimate of drug-likeness (QED) is 0.756. The van der Waals surface area contributed by atoms with Crippen LogP contribution in [0.1, 0.15) is 5.82 Å². The second kappa shape index (κ2) is 3.18. The van der Waals surface area contributed by atoms with Crippen molar-refractivity contribution in [2.45, 2.75) is 6.92 Å². The Bertz CT molecular complexity index is 422. The van der Waals surface area contributed by atoms with Gasteiger partial charge in [0.15, 0.2) is 0 Å². The summed E-state index contributed by atoms with van der Waals surface area (Å²) in [6, 6.07) is 1.85. The van der Waals surface area contributed by atoms with Gasteiger partial charge in [0.25, 0.3) is 0 Å². The zero-order valence-electron chi connectivity index (χ0n) is 7.08. The standard InChI is InChI=1S/C9H8ClN3/c1-6-12-5-9(13-6)7-2-8(10)4-11-3-7/h2-5H,1H3,(H,12,13). The van der Waals surface area contributed by atoms with Gasteiger partial charge in [-0.3, -0.25) is 4.98 Å². The first kappa shape index (κ1) is 8.26. The number of H-pyrrole nitrogens is 1. The highest BCUT2D eigenvalue weighted by Crippen LogP contribution is 2.18. The highest BCUT2D eigenvalue weighted by Gasteiger charge is 2.00. The SMILES string of the molecule is Cc1ncc(-c2cncc(Cl)c2)[nH]1. The number of aromatic amines is 1. The Morgan fingerprint density at radius 3 is 2.77 bits per heavy atom. The van der Waals surface area contributed by atoms with Crippen molar-refractivity contribution in [3.8, 4) is 11.3 Å². The van der Waals surface area contributed by atoms with Crippen LogP contribution in [0, 0.1) is 6.92 Å². The van der Waals surface area contributed by atoms with Crippen LogP contribution in [0.4, 0.5) is 0 Å². The molecular formula is C9H8ClN3. The molecule has 3 nitrogen and oxygen atoms in total. The number of hydrogen-bond donors (Lipinski definition) is 1. The fourth-order valence-corrected chi connectivity index (χ4v) is 1.30. The molecule has 0 saturated heterocycles. The molecule has 0 saturated carbocycles. The first-order chi connectivity index (χ1) is 6.25. The molecule has 0 spiro atoms. The van der Waals surface area contributed by atoms with Crippen LogP contribution in [0.15, 0.2) is 24.7 Å². The number of aromatic nitrogens is 3. The van der Waals surface area contributed by atoms with Crippen molar-refractivity contribution < 1.29 is 0 Å². The van der Waals surface area contributed by atoms with Crippen molar-refractivity contribution >= 4 is 11.6 Å². The maximum atomic E-state index is 5.80. The number of rotatable bonds is 1. The Hall–Kier alpha value is -1.35. The number of nitrogens with one attached hydrogen (secondary N) is 1. The smallest absolute Gasteiger partial charge is 0.103 e. The van der Waals surface area contributed by atoms with Gasteiger partial charge in [0.1, 0.15) is 5.82 Å². The average Bonchev–Trinajstić information content (AvgIpc) is 2.52. The van der Waals surface area contributed by atoms with E-state index in [0.717, 1.165) is 17.1 Å². The lowest BCUT2D eigenvalue weighted by Crippen LogP contribution is -1.80. The topological polar surface area (TPSA) is 41.6 Å². The van der Waals surface area contributed by atoms with Crippen LogP contribution in [0.2, 0.25) is 5.02 Å². The summed E-state index contributed by atoms with van der Waals surface area (Å²) < 4.78 is 0. The van der Waals surface area contributed by atoms with Crippen LogP contribution in [0.3, 0.4) is 0 Å². The summed E-state index contributed by atoms with van der Waals surface area (Å²) in [6.45, 7) is 1.90. The normalized spacial score (nSPS) is 10.3. The number of pyridine rings is 1. The lowest BCUT2D eigenvalue weighted by atomic mass is 10.2. The van der Waals surface area contributed by atoms with E-state index in [1.807, 2.05) is 13.0 Å². The van der Waals surface area contributed by atoms with Gasteiger partial charge in [0.05, 0.1) is 16.9 Å². The highest BCUT2D eigenvalue weighted by molar-refractivity contribution is 6.30. The summed E-state index contributed by atoms with van der Waals surface area (Å²) in [6.07, 6.45) is 5.12. The lowest BCUT2D eigenvalue weighted by Gasteiger charge is -1.95. The van der Waals surface area contributed by atoms with Crippen LogP contribution < -0.4 is 0 Å². The van der Waals surface area contributed by atoms with Gasteiger partial charge in [-0.1, -0.05) is 11.6 Å². The van der Waals surface area contributed by atoms with E-state index in [0.29, 0.717) is 5.02 Å². The Labute approximate surface area is 80.8 Å². The van der Waals surface area contributed by atoms with Gasteiger partial charge < -0.3 is 4.98 Å². The van der Waals surface area contributed by atoms with Gasteiger partial charge >= 0.3 is 0 Å². The monoisotopic (exact) mass is 193 g/mol. The van der Waals surface area contributed by atoms with Crippen molar-refractivity contribution in [1.82, 2.24) is 15.0 Å². The first-order valence-corrected chi connectivity index (χ1v) is 4.26. The van der Waals surface area contributed by atoms with Gasteiger partial charge in [-0.05, 0) is 13.0 Å². The van der Waals surface area contributed by atoms with E-state index in [9.17, 15) is 0 Å². The third kappa shape index (κ3) is 1.70. The number of aryl methyl sites for hydroxylation is 1. The largest absolute Gasteiger partial charge is 0.342 e. The summed E-state index contributed by atoms with van der Waals surface area (Å²) in [5.41, 5.74) is 1.89. The summed E-state index contributed by atoms with van der Waals surface area (Å²) in [5.74, 6) is 0.884. The van der Waals surface area contributed by atoms with Crippen molar-refractivity contribution in [2.75, 3.05) is 0 Å². The Morgan fingerprint density at radius 1 is 1.31 bits per heavy atom. The lowest BCUT2D eigenvalue weighted by molar-refractivity contribution is 1.15. The molecule has 2 aromatic heterocycles. The van der Waals surface area contributed by atoms with Gasteiger partial charge in [-0.25, -0.2) is 4.98 Å². The van der Waals surface area contributed by atoms with Crippen LogP contribution >= 0.6 is 11.6 Å². The molecule has 0 aromatic carbocycles. The summed E-state index contributed by atoms with van der Waals surface area (Å²) in [5, 5.41) is 0.629. The number of nitrogens with zero attached hydrogens (tertiary/aromatic N) is 2. The molecular weight excluding hydrogens is 186 g/mol. The van der Waals surface area contributed by atoms with Crippen LogP contribution in [-0.2, 0) is 0 Å². The van der Waals surface area contributed by atoms with Crippen LogP contribution in [0.5, 0.6) is 0 Å². The number of halogens is 1. The molecule has 0 fully saturated rings. The molecule has 1 N–H and O–H groups in total. The first-order valence-electron chi connectivity index (χ1n) is 3.88. The van der Waals surface area contributed by atoms with Gasteiger partial charge in [0.2, 0.25) is 0 Å². The highest BCUT2D eigenvalue weighted by atomic mass is 35.5. The zero-order chi connectivity index (χ0) is 9.26. The van der Waals surface area contributed by atoms with Crippen LogP contribution in [0.25, 0.3) is 11.3 Å². The second-order valence-corrected chi connectivity index (χ2v) is 3.21. The molecule has 0 aliphatic heterocycles. The fourth-order valence-electron chi connectivity index (χ4n) is 1.13. The minimum atomic E-state index is 0.629. The van der Waals surface area contributed by atoms with E-state index < -0.39 is 0 Å². The predicted octanol–water partition coefficient (Wildman–Crippen LogP) is 2.43.